The van der Waals surface area contributed by atoms with Crippen molar-refractivity contribution in [1.82, 2.24) is 0 Å². The molecule has 24 heavy (non-hydrogen) atoms. The molecule has 0 aliphatic carbocycles. The summed E-state index contributed by atoms with van der Waals surface area (Å²) >= 11 is 6.21. The molecule has 0 bridgehead atoms. The van der Waals surface area contributed by atoms with Gasteiger partial charge < -0.3 is 20.7 Å². The Bertz CT molecular complexity index is 745. The van der Waals surface area contributed by atoms with Gasteiger partial charge >= 0.3 is 35.5 Å². The second-order valence-corrected chi connectivity index (χ2v) is 8.31. The first-order valence-electron chi connectivity index (χ1n) is 6.36. The molecule has 9 heteroatoms. The molecule has 0 spiro atoms. The number of benzene rings is 2. The molecule has 2 aromatic rings. The van der Waals surface area contributed by atoms with Crippen LogP contribution in [0, 0.1) is 7.14 Å². The summed E-state index contributed by atoms with van der Waals surface area (Å²) in [5.74, 6) is 0.110. The first-order chi connectivity index (χ1) is 10.8. The number of carboxylic acid groups (broad SMARTS) is 1. The molecule has 2 aromatic carbocycles. The summed E-state index contributed by atoms with van der Waals surface area (Å²) in [5.41, 5.74) is 6.53. The second kappa shape index (κ2) is 10.1. The van der Waals surface area contributed by atoms with Crippen LogP contribution in [0.15, 0.2) is 36.4 Å². The molecule has 0 amide bonds. The van der Waals surface area contributed by atoms with Gasteiger partial charge in [0.05, 0.1) is 7.49 Å². The summed E-state index contributed by atoms with van der Waals surface area (Å²) in [7, 11) is 0. The second-order valence-electron chi connectivity index (χ2n) is 4.64. The van der Waals surface area contributed by atoms with Gasteiger partial charge in [-0.15, -0.1) is 5.75 Å². The molecule has 122 valence electrons. The summed E-state index contributed by atoms with van der Waals surface area (Å²) in [6, 6.07) is 9.00. The molecule has 0 aliphatic heterocycles. The van der Waals surface area contributed by atoms with Crippen molar-refractivity contribution in [3.8, 4) is 17.2 Å². The normalized spacial score (nSPS) is 12.8. The van der Waals surface area contributed by atoms with E-state index in [-0.39, 0.29) is 39.2 Å². The van der Waals surface area contributed by atoms with E-state index in [4.69, 9.17) is 15.6 Å². The average molecular weight is 673 g/mol. The number of aliphatic carboxylic acids is 1. The largest absolute Gasteiger partial charge is 1.00 e. The van der Waals surface area contributed by atoms with E-state index in [1.807, 2.05) is 57.3 Å². The Morgan fingerprint density at radius 1 is 1.17 bits per heavy atom. The number of halogens is 3. The Balaban J connectivity index is 0.00000288. The zero-order chi connectivity index (χ0) is 17.1. The number of nitrogens with two attached hydrogens (primary N) is 1. The van der Waals surface area contributed by atoms with Gasteiger partial charge in [0, 0.05) is 3.57 Å². The minimum atomic E-state index is -1.03. The van der Waals surface area contributed by atoms with Gasteiger partial charge in [-0.25, -0.2) is 0 Å². The van der Waals surface area contributed by atoms with Crippen molar-refractivity contribution in [3.05, 3.63) is 49.1 Å². The fourth-order valence-electron chi connectivity index (χ4n) is 1.80. The molecule has 0 aliphatic rings. The van der Waals surface area contributed by atoms with E-state index in [1.54, 1.807) is 12.1 Å². The molecular weight excluding hydrogens is 662 g/mol. The molecule has 3 N–H and O–H groups in total. The van der Waals surface area contributed by atoms with E-state index in [1.165, 1.54) is 12.1 Å². The third-order valence-electron chi connectivity index (χ3n) is 3.00. The summed E-state index contributed by atoms with van der Waals surface area (Å²) in [6.07, 6.45) is 0. The maximum absolute atomic E-state index is 11.3. The monoisotopic (exact) mass is 673 g/mol. The summed E-state index contributed by atoms with van der Waals surface area (Å²) in [6.45, 7) is 0. The summed E-state index contributed by atoms with van der Waals surface area (Å²) in [4.78, 5) is 11.0. The van der Waals surface area contributed by atoms with Gasteiger partial charge in [-0.05, 0) is 68.9 Å². The molecule has 0 radical (unpaired) electrons. The summed E-state index contributed by atoms with van der Waals surface area (Å²) in [5, 5.41) is 20.3. The van der Waals surface area contributed by atoms with E-state index < -0.39 is 12.0 Å². The maximum atomic E-state index is 11.3. The van der Waals surface area contributed by atoms with Gasteiger partial charge in [0.25, 0.3) is 0 Å². The third-order valence-corrected chi connectivity index (χ3v) is 6.22. The zero-order valence-corrected chi connectivity index (χ0v) is 21.0. The van der Waals surface area contributed by atoms with Gasteiger partial charge in [-0.3, -0.25) is 4.79 Å². The number of hydrogen-bond acceptors (Lipinski definition) is 4. The van der Waals surface area contributed by atoms with Crippen molar-refractivity contribution in [2.24, 2.45) is 5.73 Å². The predicted molar refractivity (Wildman–Crippen MR) is 110 cm³/mol. The van der Waals surface area contributed by atoms with E-state index >= 15 is 0 Å². The van der Waals surface area contributed by atoms with Crippen LogP contribution >= 0.6 is 67.8 Å². The molecule has 0 heterocycles. The first kappa shape index (κ1) is 22.7. The van der Waals surface area contributed by atoms with Crippen LogP contribution in [0.4, 0.5) is 0 Å². The first-order valence-corrected chi connectivity index (χ1v) is 9.76. The Morgan fingerprint density at radius 2 is 1.83 bits per heavy atom. The van der Waals surface area contributed by atoms with Crippen molar-refractivity contribution in [2.75, 3.05) is 0 Å². The average Bonchev–Trinajstić information content (AvgIpc) is 2.48. The van der Waals surface area contributed by atoms with Gasteiger partial charge in [-0.2, -0.15) is 0 Å². The molecule has 0 saturated heterocycles. The number of alkyl halides is 1. The Hall–Kier alpha value is 0.660. The number of carboxylic acids is 1. The van der Waals surface area contributed by atoms with Gasteiger partial charge in [0.2, 0.25) is 0 Å². The molecular formula is C15H11I3NNaO4. The van der Waals surface area contributed by atoms with Crippen LogP contribution in [0.1, 0.15) is 9.49 Å². The number of ether oxygens (including phenoxy) is 1. The van der Waals surface area contributed by atoms with Gasteiger partial charge in [-0.1, -0.05) is 40.8 Å². The van der Waals surface area contributed by atoms with Crippen molar-refractivity contribution in [1.29, 1.82) is 0 Å². The Kier molecular flexibility index (Phi) is 9.57. The number of rotatable bonds is 5. The van der Waals surface area contributed by atoms with Crippen molar-refractivity contribution < 1.29 is 49.3 Å². The topological polar surface area (TPSA) is 95.6 Å². The minimum Gasteiger partial charge on any atom is -0.872 e. The number of hydrogen-bond donors (Lipinski definition) is 2. The van der Waals surface area contributed by atoms with Crippen LogP contribution in [0.25, 0.3) is 0 Å². The van der Waals surface area contributed by atoms with Crippen LogP contribution < -0.4 is 45.1 Å². The van der Waals surface area contributed by atoms with Gasteiger partial charge in [0.15, 0.2) is 0 Å². The SMILES string of the molecule is N[C@H](C(=O)O)[C@@H](I)c1ccc(Oc2ccc([O-])cc2I)cc1I.[Na+]. The molecule has 2 atom stereocenters. The fourth-order valence-corrected chi connectivity index (χ4v) is 4.67. The van der Waals surface area contributed by atoms with Crippen LogP contribution in [0.2, 0.25) is 0 Å². The Morgan fingerprint density at radius 3 is 2.38 bits per heavy atom. The van der Waals surface area contributed by atoms with E-state index in [0.717, 1.165) is 12.7 Å². The molecule has 2 rings (SSSR count). The smallest absolute Gasteiger partial charge is 0.872 e. The van der Waals surface area contributed by atoms with Crippen LogP contribution in [0.5, 0.6) is 17.2 Å². The molecule has 5 nitrogen and oxygen atoms in total. The van der Waals surface area contributed by atoms with Crippen LogP contribution in [-0.4, -0.2) is 17.1 Å². The molecule has 0 aromatic heterocycles. The quantitative estimate of drug-likeness (QED) is 0.277. The Labute approximate surface area is 202 Å². The summed E-state index contributed by atoms with van der Waals surface area (Å²) < 4.78 is 7.04. The fraction of sp³-hybridized carbons (Fsp3) is 0.133. The molecule has 0 fully saturated rings. The van der Waals surface area contributed by atoms with Crippen molar-refractivity contribution in [2.45, 2.75) is 9.97 Å². The van der Waals surface area contributed by atoms with E-state index in [2.05, 4.69) is 22.6 Å². The van der Waals surface area contributed by atoms with Crippen molar-refractivity contribution >= 4 is 73.7 Å². The van der Waals surface area contributed by atoms with Crippen LogP contribution in [0.3, 0.4) is 0 Å². The predicted octanol–water partition coefficient (Wildman–Crippen LogP) is 0.654. The number of carbonyl (C=O) groups is 1. The zero-order valence-electron chi connectivity index (χ0n) is 12.5. The van der Waals surface area contributed by atoms with Crippen molar-refractivity contribution in [3.63, 3.8) is 0 Å². The minimum absolute atomic E-state index is 0. The standard InChI is InChI=1S/C15H12I3NO4.Na/c16-10-6-8(23-12-4-1-7(20)5-11(12)17)2-3-9(10)13(18)14(19)15(21)22;/h1-6,13-14,20H,19H2,(H,21,22);/q;+1/p-1/t13-,14-;/m0./s1. The maximum Gasteiger partial charge on any atom is 1.00 e. The van der Waals surface area contributed by atoms with Gasteiger partial charge in [0.1, 0.15) is 17.5 Å². The van der Waals surface area contributed by atoms with Crippen LogP contribution in [-0.2, 0) is 4.79 Å². The van der Waals surface area contributed by atoms with E-state index in [0.29, 0.717) is 11.5 Å². The third kappa shape index (κ3) is 5.84. The molecule has 0 saturated carbocycles. The van der Waals surface area contributed by atoms with E-state index in [9.17, 15) is 9.90 Å². The molecule has 0 unspecified atom stereocenters.